The van der Waals surface area contributed by atoms with Crippen LogP contribution in [0.4, 0.5) is 0 Å². The second kappa shape index (κ2) is 45.3. The van der Waals surface area contributed by atoms with E-state index >= 15 is 0 Å². The molecule has 0 heterocycles. The van der Waals surface area contributed by atoms with Crippen LogP contribution >= 0.6 is 0 Å². The summed E-state index contributed by atoms with van der Waals surface area (Å²) < 4.78 is 0. The molecule has 0 fully saturated rings. The van der Waals surface area contributed by atoms with Crippen LogP contribution in [0.5, 0.6) is 0 Å². The average Bonchev–Trinajstić information content (AvgIpc) is 3.23. The molecule has 0 aliphatic carbocycles. The van der Waals surface area contributed by atoms with E-state index in [1.54, 1.807) is 0 Å². The monoisotopic (exact) mass is 855 g/mol. The van der Waals surface area contributed by atoms with Crippen molar-refractivity contribution in [3.8, 4) is 0 Å². The number of aliphatic hydroxyl groups is 4. The van der Waals surface area contributed by atoms with Gasteiger partial charge in [0, 0.05) is 65.4 Å². The van der Waals surface area contributed by atoms with Crippen molar-refractivity contribution in [3.05, 3.63) is 0 Å². The van der Waals surface area contributed by atoms with Gasteiger partial charge in [-0.1, -0.05) is 214 Å². The zero-order valence-corrected chi connectivity index (χ0v) is 41.3. The minimum absolute atomic E-state index is 0.235. The molecule has 0 radical (unpaired) electrons. The largest absolute Gasteiger partial charge is 0.392 e. The number of hydrogen-bond donors (Lipinski definition) is 5. The average molecular weight is 855 g/mol. The molecule has 8 heteroatoms. The molecule has 0 aromatic carbocycles. The molecule has 0 spiro atoms. The molecule has 0 amide bonds. The minimum Gasteiger partial charge on any atom is -0.392 e. The molecule has 0 aliphatic heterocycles. The lowest BCUT2D eigenvalue weighted by Crippen LogP contribution is -2.47. The molecule has 60 heavy (non-hydrogen) atoms. The highest BCUT2D eigenvalue weighted by Crippen LogP contribution is 2.18. The van der Waals surface area contributed by atoms with E-state index in [1.165, 1.54) is 167 Å². The van der Waals surface area contributed by atoms with Crippen LogP contribution in [0.25, 0.3) is 0 Å². The van der Waals surface area contributed by atoms with Crippen LogP contribution in [-0.4, -0.2) is 125 Å². The number of unbranched alkanes of at least 4 members (excludes halogenated alkanes) is 25. The quantitative estimate of drug-likeness (QED) is 0.0384. The lowest BCUT2D eigenvalue weighted by atomic mass is 9.96. The molecule has 6 N–H and O–H groups in total. The van der Waals surface area contributed by atoms with Gasteiger partial charge in [-0.2, -0.15) is 0 Å². The van der Waals surface area contributed by atoms with Crippen molar-refractivity contribution in [2.45, 2.75) is 265 Å². The number of aliphatic hydroxyl groups excluding tert-OH is 4. The summed E-state index contributed by atoms with van der Waals surface area (Å²) in [5.74, 6) is 0.235. The smallest absolute Gasteiger partial charge is 0.0692 e. The van der Waals surface area contributed by atoms with Crippen molar-refractivity contribution < 1.29 is 20.4 Å². The van der Waals surface area contributed by atoms with Crippen molar-refractivity contribution in [2.75, 3.05) is 65.4 Å². The molecule has 0 saturated heterocycles. The maximum absolute atomic E-state index is 11.3. The third-order valence-corrected chi connectivity index (χ3v) is 13.2. The van der Waals surface area contributed by atoms with Crippen molar-refractivity contribution in [1.82, 2.24) is 14.7 Å². The van der Waals surface area contributed by atoms with Crippen molar-refractivity contribution >= 4 is 0 Å². The van der Waals surface area contributed by atoms with Gasteiger partial charge < -0.3 is 26.2 Å². The number of nitrogens with two attached hydrogens (primary N) is 1. The summed E-state index contributed by atoms with van der Waals surface area (Å²) in [4.78, 5) is 6.97. The molecule has 5 unspecified atom stereocenters. The van der Waals surface area contributed by atoms with Crippen LogP contribution in [0.3, 0.4) is 0 Å². The Labute approximate surface area is 375 Å². The summed E-state index contributed by atoms with van der Waals surface area (Å²) in [6.07, 6.45) is 38.1. The van der Waals surface area contributed by atoms with Crippen LogP contribution in [0.2, 0.25) is 0 Å². The molecular weight excluding hydrogens is 745 g/mol. The van der Waals surface area contributed by atoms with Gasteiger partial charge in [-0.3, -0.25) is 14.7 Å². The van der Waals surface area contributed by atoms with Crippen molar-refractivity contribution in [3.63, 3.8) is 0 Å². The first-order valence-corrected chi connectivity index (χ1v) is 26.8. The van der Waals surface area contributed by atoms with Gasteiger partial charge in [0.2, 0.25) is 0 Å². The molecule has 0 aromatic heterocycles. The van der Waals surface area contributed by atoms with E-state index in [2.05, 4.69) is 42.4 Å². The third-order valence-electron chi connectivity index (χ3n) is 13.2. The Bertz CT molecular complexity index is 808. The zero-order valence-electron chi connectivity index (χ0n) is 41.3. The summed E-state index contributed by atoms with van der Waals surface area (Å²) >= 11 is 0. The maximum atomic E-state index is 11.3. The van der Waals surface area contributed by atoms with Gasteiger partial charge in [-0.25, -0.2) is 0 Å². The van der Waals surface area contributed by atoms with Gasteiger partial charge in [0.1, 0.15) is 0 Å². The molecule has 0 aliphatic rings. The minimum atomic E-state index is -0.411. The number of nitrogens with zero attached hydrogens (tertiary/aromatic N) is 3. The topological polar surface area (TPSA) is 117 Å². The molecule has 0 rings (SSSR count). The fourth-order valence-corrected chi connectivity index (χ4v) is 8.78. The lowest BCUT2D eigenvalue weighted by Gasteiger charge is -2.33. The Hall–Kier alpha value is -0.320. The standard InChI is InChI=1S/C52H110N4O4/c1-6-10-13-16-19-22-24-27-30-33-36-50(58)45-55(46-51(59)37-34-31-28-25-23-20-17-14-11-7-2)42-40-54(39-38-53)41-43-56(44-49(57)9-4)47-52(60)48(5)35-32-29-26-21-18-15-12-8-3/h48-52,57-60H,6-47,53H2,1-5H3. The predicted octanol–water partition coefficient (Wildman–Crippen LogP) is 11.5. The SMILES string of the molecule is CCCCCCCCCCCCC(O)CN(CCN(CCN)CCN(CC(O)CC)CC(O)C(C)CCCCCCCCCC)CC(O)CCCCCCCCCCCC. The molecule has 5 atom stereocenters. The summed E-state index contributed by atoms with van der Waals surface area (Å²) in [6.45, 7) is 17.9. The Kier molecular flexibility index (Phi) is 45.0. The molecule has 0 saturated carbocycles. The van der Waals surface area contributed by atoms with E-state index in [4.69, 9.17) is 5.73 Å². The van der Waals surface area contributed by atoms with Crippen LogP contribution in [0.15, 0.2) is 0 Å². The van der Waals surface area contributed by atoms with E-state index in [-0.39, 0.29) is 18.1 Å². The number of hydrogen-bond acceptors (Lipinski definition) is 8. The second-order valence-corrected chi connectivity index (χ2v) is 19.3. The normalized spacial score (nSPS) is 14.8. The first-order chi connectivity index (χ1) is 29.2. The van der Waals surface area contributed by atoms with Gasteiger partial charge in [0.15, 0.2) is 0 Å². The highest BCUT2D eigenvalue weighted by Gasteiger charge is 2.22. The first-order valence-electron chi connectivity index (χ1n) is 26.8. The van der Waals surface area contributed by atoms with Crippen molar-refractivity contribution in [1.29, 1.82) is 0 Å². The summed E-state index contributed by atoms with van der Waals surface area (Å²) in [5.41, 5.74) is 6.15. The number of rotatable bonds is 49. The first kappa shape index (κ1) is 59.7. The Morgan fingerprint density at radius 2 is 0.650 bits per heavy atom. The highest BCUT2D eigenvalue weighted by molar-refractivity contribution is 4.76. The third kappa shape index (κ3) is 39.3. The molecule has 0 bridgehead atoms. The van der Waals surface area contributed by atoms with E-state index in [0.29, 0.717) is 39.1 Å². The van der Waals surface area contributed by atoms with E-state index in [1.807, 2.05) is 6.92 Å². The predicted molar refractivity (Wildman–Crippen MR) is 262 cm³/mol. The van der Waals surface area contributed by atoms with Gasteiger partial charge in [-0.15, -0.1) is 0 Å². The Balaban J connectivity index is 5.15. The maximum Gasteiger partial charge on any atom is 0.0692 e. The Morgan fingerprint density at radius 3 is 1.00 bits per heavy atom. The molecule has 0 aromatic rings. The van der Waals surface area contributed by atoms with E-state index < -0.39 is 12.2 Å². The van der Waals surface area contributed by atoms with Crippen LogP contribution < -0.4 is 5.73 Å². The fourth-order valence-electron chi connectivity index (χ4n) is 8.78. The van der Waals surface area contributed by atoms with Crippen LogP contribution in [0, 0.1) is 5.92 Å². The molecule has 8 nitrogen and oxygen atoms in total. The Morgan fingerprint density at radius 1 is 0.350 bits per heavy atom. The van der Waals surface area contributed by atoms with E-state index in [0.717, 1.165) is 64.8 Å². The highest BCUT2D eigenvalue weighted by atomic mass is 16.3. The lowest BCUT2D eigenvalue weighted by molar-refractivity contribution is 0.0346. The van der Waals surface area contributed by atoms with Crippen LogP contribution in [-0.2, 0) is 0 Å². The van der Waals surface area contributed by atoms with Gasteiger partial charge in [0.05, 0.1) is 24.4 Å². The fraction of sp³-hybridized carbons (Fsp3) is 1.00. The summed E-state index contributed by atoms with van der Waals surface area (Å²) in [7, 11) is 0. The van der Waals surface area contributed by atoms with E-state index in [9.17, 15) is 20.4 Å². The van der Waals surface area contributed by atoms with Crippen molar-refractivity contribution in [2.24, 2.45) is 11.7 Å². The summed E-state index contributed by atoms with van der Waals surface area (Å²) in [6, 6.07) is 0. The second-order valence-electron chi connectivity index (χ2n) is 19.3. The zero-order chi connectivity index (χ0) is 44.3. The van der Waals surface area contributed by atoms with Gasteiger partial charge in [0.25, 0.3) is 0 Å². The molecular formula is C52H110N4O4. The van der Waals surface area contributed by atoms with Gasteiger partial charge in [-0.05, 0) is 31.6 Å². The van der Waals surface area contributed by atoms with Gasteiger partial charge >= 0.3 is 0 Å². The van der Waals surface area contributed by atoms with Crippen LogP contribution in [0.1, 0.15) is 240 Å². The summed E-state index contributed by atoms with van der Waals surface area (Å²) in [5, 5.41) is 44.4. The molecule has 362 valence electrons.